The molecule has 60 heavy (non-hydrogen) atoms. The van der Waals surface area contributed by atoms with Gasteiger partial charge in [-0.1, -0.05) is 0 Å². The third kappa shape index (κ3) is 20.5. The number of morpholine rings is 4. The highest BCUT2D eigenvalue weighted by Gasteiger charge is 2.23. The third-order valence-electron chi connectivity index (χ3n) is 11.8. The molecular formula is C40H76N12O8. The molecule has 0 aliphatic carbocycles. The van der Waals surface area contributed by atoms with Crippen LogP contribution in [0.2, 0.25) is 0 Å². The Morgan fingerprint density at radius 2 is 0.467 bits per heavy atom. The molecule has 0 spiro atoms. The molecular weight excluding hydrogens is 777 g/mol. The van der Waals surface area contributed by atoms with Gasteiger partial charge < -0.3 is 40.2 Å². The van der Waals surface area contributed by atoms with Crippen molar-refractivity contribution in [2.24, 2.45) is 0 Å². The normalized spacial score (nSPS) is 22.7. The predicted molar refractivity (Wildman–Crippen MR) is 227 cm³/mol. The minimum atomic E-state index is -0.0408. The summed E-state index contributed by atoms with van der Waals surface area (Å²) in [6.07, 6.45) is 0. The summed E-state index contributed by atoms with van der Waals surface area (Å²) in [5.74, 6) is -0.163. The standard InChI is InChI=1S/C40H76N12O8/c53-37(41-1-5-45-17-25-57-26-18-45)33-49-9-11-50(34-38(54)42-2-6-46-19-27-58-28-20-46)13-15-52(36-40(56)44-4-8-48-23-31-60-32-24-48)16-14-51(12-10-49)35-39(55)43-3-7-47-21-29-59-30-22-47/h1-36H2,(H,41,53)(H,42,54)(H,43,55)(H,44,56). The quantitative estimate of drug-likeness (QED) is 0.0915. The number of carbonyl (C=O) groups is 4. The van der Waals surface area contributed by atoms with E-state index in [1.165, 1.54) is 0 Å². The lowest BCUT2D eigenvalue weighted by Crippen LogP contribution is -2.52. The van der Waals surface area contributed by atoms with Gasteiger partial charge in [0, 0.05) is 157 Å². The summed E-state index contributed by atoms with van der Waals surface area (Å²) in [7, 11) is 0. The molecule has 344 valence electrons. The Bertz CT molecular complexity index is 1030. The molecule has 5 aliphatic heterocycles. The molecule has 20 nitrogen and oxygen atoms in total. The van der Waals surface area contributed by atoms with Crippen molar-refractivity contribution in [2.75, 3.05) is 236 Å². The summed E-state index contributed by atoms with van der Waals surface area (Å²) in [5, 5.41) is 12.5. The number of ether oxygens (including phenoxy) is 4. The van der Waals surface area contributed by atoms with E-state index in [0.29, 0.717) is 131 Å². The van der Waals surface area contributed by atoms with Gasteiger partial charge in [-0.25, -0.2) is 0 Å². The second-order valence-electron chi connectivity index (χ2n) is 16.3. The van der Waals surface area contributed by atoms with Gasteiger partial charge in [0.2, 0.25) is 23.6 Å². The van der Waals surface area contributed by atoms with Gasteiger partial charge in [0.25, 0.3) is 0 Å². The summed E-state index contributed by atoms with van der Waals surface area (Å²) in [4.78, 5) is 71.0. The summed E-state index contributed by atoms with van der Waals surface area (Å²) in [6.45, 7) is 23.5. The molecule has 0 bridgehead atoms. The lowest BCUT2D eigenvalue weighted by atomic mass is 10.3. The van der Waals surface area contributed by atoms with Crippen LogP contribution in [0.15, 0.2) is 0 Å². The van der Waals surface area contributed by atoms with E-state index in [9.17, 15) is 19.2 Å². The second kappa shape index (κ2) is 28.9. The third-order valence-corrected chi connectivity index (χ3v) is 11.8. The fourth-order valence-corrected chi connectivity index (χ4v) is 7.96. The highest BCUT2D eigenvalue weighted by molar-refractivity contribution is 5.79. The second-order valence-corrected chi connectivity index (χ2v) is 16.3. The van der Waals surface area contributed by atoms with Crippen molar-refractivity contribution in [3.05, 3.63) is 0 Å². The van der Waals surface area contributed by atoms with Crippen molar-refractivity contribution in [1.82, 2.24) is 60.5 Å². The smallest absolute Gasteiger partial charge is 0.234 e. The molecule has 0 saturated carbocycles. The number of hydrogen-bond acceptors (Lipinski definition) is 16. The van der Waals surface area contributed by atoms with Crippen molar-refractivity contribution < 1.29 is 38.1 Å². The highest BCUT2D eigenvalue weighted by atomic mass is 16.5. The highest BCUT2D eigenvalue weighted by Crippen LogP contribution is 2.04. The number of rotatable bonds is 20. The van der Waals surface area contributed by atoms with Crippen LogP contribution in [0.3, 0.4) is 0 Å². The monoisotopic (exact) mass is 853 g/mol. The maximum atomic E-state index is 13.3. The molecule has 5 rings (SSSR count). The van der Waals surface area contributed by atoms with Gasteiger partial charge in [-0.15, -0.1) is 0 Å². The van der Waals surface area contributed by atoms with Gasteiger partial charge in [-0.05, 0) is 0 Å². The van der Waals surface area contributed by atoms with E-state index in [1.807, 2.05) is 0 Å². The molecule has 0 unspecified atom stereocenters. The minimum absolute atomic E-state index is 0.0408. The van der Waals surface area contributed by atoms with Crippen LogP contribution in [0.5, 0.6) is 0 Å². The van der Waals surface area contributed by atoms with Gasteiger partial charge >= 0.3 is 0 Å². The van der Waals surface area contributed by atoms with Gasteiger partial charge in [0.15, 0.2) is 0 Å². The van der Waals surface area contributed by atoms with Crippen molar-refractivity contribution in [3.8, 4) is 0 Å². The van der Waals surface area contributed by atoms with E-state index >= 15 is 0 Å². The zero-order valence-electron chi connectivity index (χ0n) is 36.3. The molecule has 20 heteroatoms. The van der Waals surface area contributed by atoms with Gasteiger partial charge in [0.05, 0.1) is 79.0 Å². The average Bonchev–Trinajstić information content (AvgIpc) is 3.26. The van der Waals surface area contributed by atoms with Crippen molar-refractivity contribution in [1.29, 1.82) is 0 Å². The molecule has 5 aliphatic rings. The maximum Gasteiger partial charge on any atom is 0.234 e. The van der Waals surface area contributed by atoms with Gasteiger partial charge in [0.1, 0.15) is 0 Å². The molecule has 0 radical (unpaired) electrons. The maximum absolute atomic E-state index is 13.3. The first-order valence-corrected chi connectivity index (χ1v) is 22.5. The molecule has 4 N–H and O–H groups in total. The van der Waals surface area contributed by atoms with Crippen LogP contribution in [-0.4, -0.2) is 299 Å². The fraction of sp³-hybridized carbons (Fsp3) is 0.900. The number of nitrogens with zero attached hydrogens (tertiary/aromatic N) is 8. The van der Waals surface area contributed by atoms with E-state index in [1.54, 1.807) is 0 Å². The molecule has 4 amide bonds. The summed E-state index contributed by atoms with van der Waals surface area (Å²) >= 11 is 0. The largest absolute Gasteiger partial charge is 0.379 e. The molecule has 5 fully saturated rings. The Kier molecular flexibility index (Phi) is 23.3. The van der Waals surface area contributed by atoms with Crippen molar-refractivity contribution in [3.63, 3.8) is 0 Å². The summed E-state index contributed by atoms with van der Waals surface area (Å²) in [5.41, 5.74) is 0. The van der Waals surface area contributed by atoms with Crippen LogP contribution in [0, 0.1) is 0 Å². The SMILES string of the molecule is O=C(CN1CCN(CC(=O)NCCN2CCOCC2)CCN(CC(=O)NCCN2CCOCC2)CCN(CC(=O)NCCN2CCOCC2)CC1)NCCN1CCOCC1. The van der Waals surface area contributed by atoms with Gasteiger partial charge in [-0.2, -0.15) is 0 Å². The minimum Gasteiger partial charge on any atom is -0.379 e. The van der Waals surface area contributed by atoms with E-state index in [-0.39, 0.29) is 49.8 Å². The summed E-state index contributed by atoms with van der Waals surface area (Å²) in [6, 6.07) is 0. The molecule has 0 atom stereocenters. The Hall–Kier alpha value is -2.60. The molecule has 0 aromatic carbocycles. The van der Waals surface area contributed by atoms with E-state index in [0.717, 1.165) is 78.5 Å². The molecule has 5 heterocycles. The first-order chi connectivity index (χ1) is 29.4. The predicted octanol–water partition coefficient (Wildman–Crippen LogP) is -5.00. The van der Waals surface area contributed by atoms with Crippen LogP contribution in [0.4, 0.5) is 0 Å². The van der Waals surface area contributed by atoms with Gasteiger partial charge in [-0.3, -0.25) is 58.4 Å². The number of carbonyl (C=O) groups excluding carboxylic acids is 4. The van der Waals surface area contributed by atoms with Crippen LogP contribution in [0.1, 0.15) is 0 Å². The average molecular weight is 853 g/mol. The fourth-order valence-electron chi connectivity index (χ4n) is 7.96. The Morgan fingerprint density at radius 3 is 0.650 bits per heavy atom. The van der Waals surface area contributed by atoms with E-state index in [2.05, 4.69) is 60.5 Å². The van der Waals surface area contributed by atoms with Crippen LogP contribution in [0.25, 0.3) is 0 Å². The topological polar surface area (TPSA) is 179 Å². The summed E-state index contributed by atoms with van der Waals surface area (Å²) < 4.78 is 21.9. The molecule has 5 saturated heterocycles. The molecule has 0 aromatic heterocycles. The lowest BCUT2D eigenvalue weighted by Gasteiger charge is -2.34. The lowest BCUT2D eigenvalue weighted by molar-refractivity contribution is -0.125. The number of nitrogens with one attached hydrogen (secondary N) is 4. The Labute approximate surface area is 357 Å². The number of hydrogen-bond donors (Lipinski definition) is 4. The number of amides is 4. The first kappa shape index (κ1) is 48.4. The first-order valence-electron chi connectivity index (χ1n) is 22.5. The Balaban J connectivity index is 1.19. The van der Waals surface area contributed by atoms with E-state index < -0.39 is 0 Å². The van der Waals surface area contributed by atoms with Crippen LogP contribution in [-0.2, 0) is 38.1 Å². The molecule has 0 aromatic rings. The zero-order chi connectivity index (χ0) is 42.0. The van der Waals surface area contributed by atoms with Crippen molar-refractivity contribution >= 4 is 23.6 Å². The van der Waals surface area contributed by atoms with E-state index in [4.69, 9.17) is 18.9 Å². The van der Waals surface area contributed by atoms with Crippen LogP contribution < -0.4 is 21.3 Å². The Morgan fingerprint density at radius 1 is 0.283 bits per heavy atom. The zero-order valence-corrected chi connectivity index (χ0v) is 36.3. The van der Waals surface area contributed by atoms with Crippen LogP contribution >= 0.6 is 0 Å². The van der Waals surface area contributed by atoms with Crippen molar-refractivity contribution in [2.45, 2.75) is 0 Å².